The molecule has 1 fully saturated rings. The Morgan fingerprint density at radius 1 is 1.31 bits per heavy atom. The SMILES string of the molecule is CSc1ccc(NC2CC(C)N(C)C2)cc1. The summed E-state index contributed by atoms with van der Waals surface area (Å²) >= 11 is 1.79. The smallest absolute Gasteiger partial charge is 0.0403 e. The van der Waals surface area contributed by atoms with Gasteiger partial charge >= 0.3 is 0 Å². The average Bonchev–Trinajstić information content (AvgIpc) is 2.59. The van der Waals surface area contributed by atoms with E-state index < -0.39 is 0 Å². The van der Waals surface area contributed by atoms with Gasteiger partial charge in [0.2, 0.25) is 0 Å². The Labute approximate surface area is 102 Å². The number of rotatable bonds is 3. The van der Waals surface area contributed by atoms with Crippen molar-refractivity contribution in [2.75, 3.05) is 25.2 Å². The summed E-state index contributed by atoms with van der Waals surface area (Å²) in [5.74, 6) is 0. The molecule has 3 heteroatoms. The Morgan fingerprint density at radius 3 is 2.50 bits per heavy atom. The van der Waals surface area contributed by atoms with Crippen molar-refractivity contribution >= 4 is 17.4 Å². The quantitative estimate of drug-likeness (QED) is 0.812. The van der Waals surface area contributed by atoms with E-state index in [0.717, 1.165) is 6.54 Å². The van der Waals surface area contributed by atoms with E-state index in [2.05, 4.69) is 54.7 Å². The highest BCUT2D eigenvalue weighted by atomic mass is 32.2. The van der Waals surface area contributed by atoms with Gasteiger partial charge in [-0.2, -0.15) is 0 Å². The van der Waals surface area contributed by atoms with Gasteiger partial charge in [0.25, 0.3) is 0 Å². The van der Waals surface area contributed by atoms with Crippen LogP contribution in [-0.2, 0) is 0 Å². The molecule has 0 radical (unpaired) electrons. The summed E-state index contributed by atoms with van der Waals surface area (Å²) in [6.45, 7) is 3.43. The summed E-state index contributed by atoms with van der Waals surface area (Å²) in [4.78, 5) is 3.73. The van der Waals surface area contributed by atoms with Gasteiger partial charge in [-0.25, -0.2) is 0 Å². The zero-order valence-electron chi connectivity index (χ0n) is 10.2. The van der Waals surface area contributed by atoms with E-state index in [4.69, 9.17) is 0 Å². The highest BCUT2D eigenvalue weighted by Crippen LogP contribution is 2.21. The van der Waals surface area contributed by atoms with E-state index in [-0.39, 0.29) is 0 Å². The molecular formula is C13H20N2S. The van der Waals surface area contributed by atoms with Crippen LogP contribution in [-0.4, -0.2) is 36.8 Å². The van der Waals surface area contributed by atoms with Crippen LogP contribution < -0.4 is 5.32 Å². The fourth-order valence-electron chi connectivity index (χ4n) is 2.22. The van der Waals surface area contributed by atoms with Crippen LogP contribution in [0.3, 0.4) is 0 Å². The van der Waals surface area contributed by atoms with E-state index in [0.29, 0.717) is 12.1 Å². The molecule has 1 heterocycles. The first kappa shape index (κ1) is 11.8. The number of nitrogens with zero attached hydrogens (tertiary/aromatic N) is 1. The maximum atomic E-state index is 3.60. The van der Waals surface area contributed by atoms with Crippen molar-refractivity contribution in [2.24, 2.45) is 0 Å². The lowest BCUT2D eigenvalue weighted by Gasteiger charge is -2.14. The fraction of sp³-hybridized carbons (Fsp3) is 0.538. The van der Waals surface area contributed by atoms with Crippen molar-refractivity contribution in [1.29, 1.82) is 0 Å². The molecule has 88 valence electrons. The molecule has 2 unspecified atom stereocenters. The summed E-state index contributed by atoms with van der Waals surface area (Å²) in [6.07, 6.45) is 3.34. The van der Waals surface area contributed by atoms with Gasteiger partial charge in [0.05, 0.1) is 0 Å². The lowest BCUT2D eigenvalue weighted by Crippen LogP contribution is -2.24. The molecule has 1 aliphatic rings. The van der Waals surface area contributed by atoms with Crippen LogP contribution in [0.2, 0.25) is 0 Å². The van der Waals surface area contributed by atoms with Gasteiger partial charge in [-0.15, -0.1) is 11.8 Å². The number of thioether (sulfide) groups is 1. The largest absolute Gasteiger partial charge is 0.381 e. The van der Waals surface area contributed by atoms with Crippen LogP contribution in [0, 0.1) is 0 Å². The minimum atomic E-state index is 0.597. The maximum Gasteiger partial charge on any atom is 0.0403 e. The predicted octanol–water partition coefficient (Wildman–Crippen LogP) is 2.91. The minimum Gasteiger partial charge on any atom is -0.381 e. The molecule has 0 saturated carbocycles. The van der Waals surface area contributed by atoms with E-state index in [9.17, 15) is 0 Å². The molecule has 0 aromatic heterocycles. The van der Waals surface area contributed by atoms with Crippen LogP contribution in [0.1, 0.15) is 13.3 Å². The van der Waals surface area contributed by atoms with Crippen LogP contribution in [0.4, 0.5) is 5.69 Å². The third-order valence-corrected chi connectivity index (χ3v) is 4.09. The number of likely N-dealkylation sites (tertiary alicyclic amines) is 1. The second kappa shape index (κ2) is 5.11. The maximum absolute atomic E-state index is 3.60. The molecule has 1 aromatic carbocycles. The van der Waals surface area contributed by atoms with Crippen molar-refractivity contribution in [3.05, 3.63) is 24.3 Å². The Balaban J connectivity index is 1.94. The Hall–Kier alpha value is -0.670. The second-order valence-corrected chi connectivity index (χ2v) is 5.47. The molecule has 16 heavy (non-hydrogen) atoms. The molecule has 1 aromatic rings. The van der Waals surface area contributed by atoms with E-state index >= 15 is 0 Å². The summed E-state index contributed by atoms with van der Waals surface area (Å²) in [6, 6.07) is 10.00. The number of benzene rings is 1. The number of likely N-dealkylation sites (N-methyl/N-ethyl adjacent to an activating group) is 1. The molecule has 0 aliphatic carbocycles. The average molecular weight is 236 g/mol. The molecule has 2 atom stereocenters. The first-order valence-electron chi connectivity index (χ1n) is 5.80. The van der Waals surface area contributed by atoms with Gasteiger partial charge < -0.3 is 10.2 Å². The molecule has 0 spiro atoms. The van der Waals surface area contributed by atoms with Crippen LogP contribution >= 0.6 is 11.8 Å². The molecule has 2 nitrogen and oxygen atoms in total. The van der Waals surface area contributed by atoms with Crippen LogP contribution in [0.5, 0.6) is 0 Å². The Bertz CT molecular complexity index is 326. The van der Waals surface area contributed by atoms with Gasteiger partial charge in [-0.05, 0) is 50.9 Å². The highest BCUT2D eigenvalue weighted by molar-refractivity contribution is 7.98. The van der Waals surface area contributed by atoms with E-state index in [1.54, 1.807) is 11.8 Å². The third-order valence-electron chi connectivity index (χ3n) is 3.35. The minimum absolute atomic E-state index is 0.597. The Morgan fingerprint density at radius 2 is 2.00 bits per heavy atom. The second-order valence-electron chi connectivity index (χ2n) is 4.59. The van der Waals surface area contributed by atoms with Crippen LogP contribution in [0.25, 0.3) is 0 Å². The van der Waals surface area contributed by atoms with Crippen molar-refractivity contribution in [3.8, 4) is 0 Å². The topological polar surface area (TPSA) is 15.3 Å². The van der Waals surface area contributed by atoms with Crippen molar-refractivity contribution < 1.29 is 0 Å². The van der Waals surface area contributed by atoms with Gasteiger partial charge in [0.1, 0.15) is 0 Å². The first-order valence-corrected chi connectivity index (χ1v) is 7.02. The molecule has 1 saturated heterocycles. The summed E-state index contributed by atoms with van der Waals surface area (Å²) in [7, 11) is 2.20. The molecule has 0 bridgehead atoms. The molecule has 2 rings (SSSR count). The van der Waals surface area contributed by atoms with Crippen LogP contribution in [0.15, 0.2) is 29.2 Å². The summed E-state index contributed by atoms with van der Waals surface area (Å²) in [5, 5.41) is 3.60. The van der Waals surface area contributed by atoms with Gasteiger partial charge in [0, 0.05) is 29.2 Å². The normalized spacial score (nSPS) is 25.9. The Kier molecular flexibility index (Phi) is 3.77. The first-order chi connectivity index (χ1) is 7.69. The fourth-order valence-corrected chi connectivity index (χ4v) is 2.63. The predicted molar refractivity (Wildman–Crippen MR) is 72.3 cm³/mol. The van der Waals surface area contributed by atoms with Crippen molar-refractivity contribution in [1.82, 2.24) is 4.90 Å². The number of hydrogen-bond donors (Lipinski definition) is 1. The van der Waals surface area contributed by atoms with Crippen molar-refractivity contribution in [3.63, 3.8) is 0 Å². The molecular weight excluding hydrogens is 216 g/mol. The van der Waals surface area contributed by atoms with E-state index in [1.807, 2.05) is 0 Å². The lowest BCUT2D eigenvalue weighted by atomic mass is 10.2. The summed E-state index contributed by atoms with van der Waals surface area (Å²) < 4.78 is 0. The number of anilines is 1. The molecule has 0 amide bonds. The zero-order chi connectivity index (χ0) is 11.5. The van der Waals surface area contributed by atoms with Gasteiger partial charge in [0.15, 0.2) is 0 Å². The number of hydrogen-bond acceptors (Lipinski definition) is 3. The third kappa shape index (κ3) is 2.71. The van der Waals surface area contributed by atoms with Crippen molar-refractivity contribution in [2.45, 2.75) is 30.3 Å². The monoisotopic (exact) mass is 236 g/mol. The zero-order valence-corrected chi connectivity index (χ0v) is 11.1. The van der Waals surface area contributed by atoms with Gasteiger partial charge in [-0.1, -0.05) is 0 Å². The number of nitrogens with one attached hydrogen (secondary N) is 1. The highest BCUT2D eigenvalue weighted by Gasteiger charge is 2.25. The van der Waals surface area contributed by atoms with E-state index in [1.165, 1.54) is 17.0 Å². The summed E-state index contributed by atoms with van der Waals surface area (Å²) in [5.41, 5.74) is 1.24. The van der Waals surface area contributed by atoms with Gasteiger partial charge in [-0.3, -0.25) is 0 Å². The molecule has 1 N–H and O–H groups in total. The standard InChI is InChI=1S/C13H20N2S/c1-10-8-12(9-15(10)2)14-11-4-6-13(16-3)7-5-11/h4-7,10,12,14H,8-9H2,1-3H3. The lowest BCUT2D eigenvalue weighted by molar-refractivity contribution is 0.330. The molecule has 1 aliphatic heterocycles.